The number of hydrogen-bond donors (Lipinski definition) is 1. The molecule has 1 aliphatic rings. The van der Waals surface area contributed by atoms with Gasteiger partial charge >= 0.3 is 0 Å². The molecule has 0 saturated carbocycles. The van der Waals surface area contributed by atoms with Crippen molar-refractivity contribution in [1.82, 2.24) is 0 Å². The Balaban J connectivity index is 1.79. The number of rotatable bonds is 3. The van der Waals surface area contributed by atoms with Crippen LogP contribution in [-0.4, -0.2) is 13.0 Å². The van der Waals surface area contributed by atoms with Gasteiger partial charge in [-0.25, -0.2) is 4.39 Å². The van der Waals surface area contributed by atoms with Crippen molar-refractivity contribution < 1.29 is 13.9 Å². The molecule has 0 aliphatic carbocycles. The molecule has 0 bridgehead atoms. The molecule has 0 spiro atoms. The number of carbonyl (C=O) groups is 1. The minimum atomic E-state index is -0.272. The molecule has 0 saturated heterocycles. The van der Waals surface area contributed by atoms with E-state index in [4.69, 9.17) is 4.74 Å². The van der Waals surface area contributed by atoms with Crippen LogP contribution in [0.3, 0.4) is 0 Å². The van der Waals surface area contributed by atoms with Crippen molar-refractivity contribution in [3.8, 4) is 16.9 Å². The molecular weight excluding hydrogens is 337 g/mol. The summed E-state index contributed by atoms with van der Waals surface area (Å²) in [5.74, 6) is 0.492. The van der Waals surface area contributed by atoms with E-state index >= 15 is 0 Å². The second kappa shape index (κ2) is 6.33. The Bertz CT molecular complexity index is 933. The van der Waals surface area contributed by atoms with Crippen LogP contribution in [0.2, 0.25) is 0 Å². The lowest BCUT2D eigenvalue weighted by Crippen LogP contribution is -2.22. The number of thiophene rings is 1. The van der Waals surface area contributed by atoms with Gasteiger partial charge in [-0.2, -0.15) is 0 Å². The van der Waals surface area contributed by atoms with Crippen LogP contribution in [0.25, 0.3) is 11.1 Å². The summed E-state index contributed by atoms with van der Waals surface area (Å²) >= 11 is 1.62. The summed E-state index contributed by atoms with van der Waals surface area (Å²) in [6.07, 6.45) is 0.406. The maximum absolute atomic E-state index is 13.2. The molecule has 3 nitrogen and oxygen atoms in total. The highest BCUT2D eigenvalue weighted by molar-refractivity contribution is 7.11. The number of hydrogen-bond acceptors (Lipinski definition) is 3. The first-order valence-electron chi connectivity index (χ1n) is 7.97. The smallest absolute Gasteiger partial charge is 0.225 e. The van der Waals surface area contributed by atoms with Gasteiger partial charge in [-0.1, -0.05) is 24.3 Å². The van der Waals surface area contributed by atoms with E-state index in [0.717, 1.165) is 33.0 Å². The fourth-order valence-electron chi connectivity index (χ4n) is 3.20. The summed E-state index contributed by atoms with van der Waals surface area (Å²) in [4.78, 5) is 13.4. The van der Waals surface area contributed by atoms with E-state index in [1.54, 1.807) is 30.6 Å². The lowest BCUT2D eigenvalue weighted by Gasteiger charge is -2.24. The molecule has 1 aliphatic heterocycles. The number of carbonyl (C=O) groups excluding carboxylic acids is 1. The van der Waals surface area contributed by atoms with E-state index in [2.05, 4.69) is 5.32 Å². The molecule has 0 unspecified atom stereocenters. The van der Waals surface area contributed by atoms with Crippen LogP contribution < -0.4 is 10.1 Å². The molecule has 0 fully saturated rings. The second-order valence-corrected chi connectivity index (χ2v) is 6.89. The predicted molar refractivity (Wildman–Crippen MR) is 97.8 cm³/mol. The minimum Gasteiger partial charge on any atom is -0.497 e. The van der Waals surface area contributed by atoms with E-state index < -0.39 is 0 Å². The largest absolute Gasteiger partial charge is 0.497 e. The van der Waals surface area contributed by atoms with E-state index in [1.165, 1.54) is 12.1 Å². The molecule has 1 atom stereocenters. The topological polar surface area (TPSA) is 38.3 Å². The first-order chi connectivity index (χ1) is 12.2. The number of halogens is 1. The number of ether oxygens (including phenoxy) is 1. The Kier molecular flexibility index (Phi) is 4.01. The predicted octanol–water partition coefficient (Wildman–Crippen LogP) is 5.04. The van der Waals surface area contributed by atoms with E-state index in [1.807, 2.05) is 29.6 Å². The molecule has 1 aromatic heterocycles. The van der Waals surface area contributed by atoms with Crippen molar-refractivity contribution in [2.45, 2.75) is 12.3 Å². The second-order valence-electron chi connectivity index (χ2n) is 5.98. The number of fused-ring (bicyclic) bond motifs is 1. The molecule has 3 aromatic rings. The molecule has 2 heterocycles. The molecule has 0 radical (unpaired) electrons. The molecule has 1 N–H and O–H groups in total. The number of methoxy groups -OCH3 is 1. The zero-order valence-electron chi connectivity index (χ0n) is 13.6. The van der Waals surface area contributed by atoms with Crippen molar-refractivity contribution >= 4 is 22.9 Å². The maximum atomic E-state index is 13.2. The monoisotopic (exact) mass is 353 g/mol. The van der Waals surface area contributed by atoms with E-state index in [-0.39, 0.29) is 17.6 Å². The first-order valence-corrected chi connectivity index (χ1v) is 8.85. The number of anilines is 1. The van der Waals surface area contributed by atoms with Crippen LogP contribution in [0.1, 0.15) is 22.8 Å². The Morgan fingerprint density at radius 3 is 2.76 bits per heavy atom. The third kappa shape index (κ3) is 2.91. The van der Waals surface area contributed by atoms with Gasteiger partial charge in [-0.05, 0) is 35.4 Å². The summed E-state index contributed by atoms with van der Waals surface area (Å²) in [5.41, 5.74) is 3.72. The van der Waals surface area contributed by atoms with Gasteiger partial charge in [0.1, 0.15) is 11.6 Å². The Labute approximate surface area is 149 Å². The standard InChI is InChI=1S/C20H16FNO2S/c1-24-15-4-2-3-13(9-15)16-10-18(23)22-19-17(11-25-20(16)19)12-5-7-14(21)8-6-12/h2-9,11,16H,10H2,1H3,(H,22,23)/t16-/m0/s1. The molecule has 5 heteroatoms. The number of nitrogens with one attached hydrogen (secondary N) is 1. The molecule has 25 heavy (non-hydrogen) atoms. The summed E-state index contributed by atoms with van der Waals surface area (Å²) in [6, 6.07) is 14.2. The van der Waals surface area contributed by atoms with E-state index in [0.29, 0.717) is 6.42 Å². The lowest BCUT2D eigenvalue weighted by molar-refractivity contribution is -0.116. The fourth-order valence-corrected chi connectivity index (χ4v) is 4.36. The average molecular weight is 353 g/mol. The summed E-state index contributed by atoms with van der Waals surface area (Å²) in [7, 11) is 1.63. The number of benzene rings is 2. The van der Waals surface area contributed by atoms with Gasteiger partial charge in [0, 0.05) is 28.2 Å². The van der Waals surface area contributed by atoms with Crippen molar-refractivity contribution in [3.63, 3.8) is 0 Å². The number of amides is 1. The van der Waals surface area contributed by atoms with Crippen LogP contribution in [0.4, 0.5) is 10.1 Å². The van der Waals surface area contributed by atoms with Crippen LogP contribution in [0, 0.1) is 5.82 Å². The highest BCUT2D eigenvalue weighted by Crippen LogP contribution is 2.46. The lowest BCUT2D eigenvalue weighted by atomic mass is 9.89. The normalized spacial score (nSPS) is 16.2. The van der Waals surface area contributed by atoms with Gasteiger partial charge in [0.15, 0.2) is 0 Å². The van der Waals surface area contributed by atoms with Gasteiger partial charge in [-0.15, -0.1) is 11.3 Å². The average Bonchev–Trinajstić information content (AvgIpc) is 3.05. The van der Waals surface area contributed by atoms with Gasteiger partial charge in [0.2, 0.25) is 5.91 Å². The van der Waals surface area contributed by atoms with Crippen LogP contribution in [0.15, 0.2) is 53.9 Å². The maximum Gasteiger partial charge on any atom is 0.225 e. The summed E-state index contributed by atoms with van der Waals surface area (Å²) in [5, 5.41) is 5.02. The van der Waals surface area contributed by atoms with Crippen molar-refractivity contribution in [2.24, 2.45) is 0 Å². The fraction of sp³-hybridized carbons (Fsp3) is 0.150. The van der Waals surface area contributed by atoms with Gasteiger partial charge < -0.3 is 10.1 Å². The summed E-state index contributed by atoms with van der Waals surface area (Å²) < 4.78 is 18.5. The summed E-state index contributed by atoms with van der Waals surface area (Å²) in [6.45, 7) is 0. The highest BCUT2D eigenvalue weighted by atomic mass is 32.1. The molecule has 2 aromatic carbocycles. The third-order valence-electron chi connectivity index (χ3n) is 4.44. The minimum absolute atomic E-state index is 0.00181. The van der Waals surface area contributed by atoms with Crippen LogP contribution in [-0.2, 0) is 4.79 Å². The Morgan fingerprint density at radius 1 is 1.20 bits per heavy atom. The zero-order chi connectivity index (χ0) is 17.4. The van der Waals surface area contributed by atoms with Crippen molar-refractivity contribution in [1.29, 1.82) is 0 Å². The van der Waals surface area contributed by atoms with Gasteiger partial charge in [0.05, 0.1) is 12.8 Å². The SMILES string of the molecule is COc1cccc([C@@H]2CC(=O)Nc3c(-c4ccc(F)cc4)csc32)c1. The van der Waals surface area contributed by atoms with Crippen molar-refractivity contribution in [2.75, 3.05) is 12.4 Å². The van der Waals surface area contributed by atoms with Crippen LogP contribution >= 0.6 is 11.3 Å². The Hall–Kier alpha value is -2.66. The van der Waals surface area contributed by atoms with E-state index in [9.17, 15) is 9.18 Å². The zero-order valence-corrected chi connectivity index (χ0v) is 14.4. The molecule has 126 valence electrons. The third-order valence-corrected chi connectivity index (χ3v) is 5.54. The van der Waals surface area contributed by atoms with Gasteiger partial charge in [0.25, 0.3) is 0 Å². The van der Waals surface area contributed by atoms with Crippen molar-refractivity contribution in [3.05, 3.63) is 70.2 Å². The quantitative estimate of drug-likeness (QED) is 0.717. The first kappa shape index (κ1) is 15.8. The molecule has 1 amide bonds. The van der Waals surface area contributed by atoms with Gasteiger partial charge in [-0.3, -0.25) is 4.79 Å². The highest BCUT2D eigenvalue weighted by Gasteiger charge is 2.30. The molecule has 4 rings (SSSR count). The Morgan fingerprint density at radius 2 is 2.00 bits per heavy atom. The molecular formula is C20H16FNO2S. The van der Waals surface area contributed by atoms with Crippen LogP contribution in [0.5, 0.6) is 5.75 Å².